The summed E-state index contributed by atoms with van der Waals surface area (Å²) in [5.41, 5.74) is 5.06. The van der Waals surface area contributed by atoms with Gasteiger partial charge in [-0.2, -0.15) is 5.10 Å². The van der Waals surface area contributed by atoms with Crippen LogP contribution in [-0.2, 0) is 14.9 Å². The summed E-state index contributed by atoms with van der Waals surface area (Å²) in [5, 5.41) is 87.8. The van der Waals surface area contributed by atoms with Gasteiger partial charge < -0.3 is 55.2 Å². The molecular formula is C38H41N3O11. The smallest absolute Gasteiger partial charge is 0.271 e. The van der Waals surface area contributed by atoms with Gasteiger partial charge in [-0.3, -0.25) is 9.89 Å². The van der Waals surface area contributed by atoms with Crippen molar-refractivity contribution in [2.75, 3.05) is 26.3 Å². The number of likely N-dealkylation sites (tertiary alicyclic amines) is 1. The third kappa shape index (κ3) is 6.42. The van der Waals surface area contributed by atoms with Crippen molar-refractivity contribution in [1.82, 2.24) is 15.1 Å². The van der Waals surface area contributed by atoms with Crippen LogP contribution in [0.2, 0.25) is 0 Å². The number of ether oxygens (including phenoxy) is 2. The molecule has 0 radical (unpaired) electrons. The standard InChI is InChI=1S/C38H41N3O11/c42-16-10-29-33(46)35(48)31(44)27(51-29)7-3-20-1-5-22-23-6-2-21(4-8-28-32(45)36(49)34(47)30(19-43)52-28)18-25(23)38(24(22)17-20)11-14-41(15-12-38)37(50)26-9-13-39-40-26/h1-2,5-6,9,13,17-18,27-36,42-49H,10-12,14-16,19H2,(H,39,40)/t27-,28-,29-,30-,31-,32-,33-,34-,35-,36-/m1/s1. The topological polar surface area (TPSA) is 229 Å². The zero-order valence-corrected chi connectivity index (χ0v) is 28.0. The largest absolute Gasteiger partial charge is 0.396 e. The lowest BCUT2D eigenvalue weighted by atomic mass is 9.70. The molecule has 52 heavy (non-hydrogen) atoms. The first kappa shape index (κ1) is 36.2. The number of aromatic amines is 1. The fourth-order valence-electron chi connectivity index (χ4n) is 7.79. The summed E-state index contributed by atoms with van der Waals surface area (Å²) in [6, 6.07) is 13.2. The molecule has 4 aliphatic rings. The molecule has 3 fully saturated rings. The van der Waals surface area contributed by atoms with Gasteiger partial charge in [0, 0.05) is 42.4 Å². The van der Waals surface area contributed by atoms with E-state index in [2.05, 4.69) is 33.9 Å². The first-order valence-corrected chi connectivity index (χ1v) is 17.3. The predicted molar refractivity (Wildman–Crippen MR) is 182 cm³/mol. The number of carbonyl (C=O) groups is 1. The molecule has 14 nitrogen and oxygen atoms in total. The van der Waals surface area contributed by atoms with E-state index in [9.17, 15) is 45.6 Å². The van der Waals surface area contributed by atoms with Crippen molar-refractivity contribution in [3.05, 3.63) is 76.6 Å². The molecular weight excluding hydrogens is 674 g/mol. The second kappa shape index (κ2) is 14.7. The summed E-state index contributed by atoms with van der Waals surface area (Å²) < 4.78 is 11.3. The molecule has 3 saturated heterocycles. The molecule has 3 aromatic rings. The van der Waals surface area contributed by atoms with Gasteiger partial charge in [-0.05, 0) is 71.8 Å². The van der Waals surface area contributed by atoms with E-state index in [-0.39, 0.29) is 18.9 Å². The number of fused-ring (bicyclic) bond motifs is 5. The van der Waals surface area contributed by atoms with Crippen LogP contribution in [0.15, 0.2) is 48.7 Å². The van der Waals surface area contributed by atoms with Crippen LogP contribution in [0.4, 0.5) is 0 Å². The van der Waals surface area contributed by atoms with E-state index in [1.807, 2.05) is 36.4 Å². The van der Waals surface area contributed by atoms with Gasteiger partial charge in [-0.1, -0.05) is 35.8 Å². The molecule has 1 aliphatic carbocycles. The lowest BCUT2D eigenvalue weighted by Gasteiger charge is -2.41. The van der Waals surface area contributed by atoms with Gasteiger partial charge in [0.1, 0.15) is 60.6 Å². The number of piperidine rings is 1. The number of hydrogen-bond donors (Lipinski definition) is 9. The molecule has 14 heteroatoms. The average Bonchev–Trinajstić information content (AvgIpc) is 3.79. The van der Waals surface area contributed by atoms with E-state index in [1.165, 1.54) is 6.20 Å². The minimum absolute atomic E-state index is 0.0670. The predicted octanol–water partition coefficient (Wildman–Crippen LogP) is -1.61. The van der Waals surface area contributed by atoms with E-state index >= 15 is 0 Å². The fourth-order valence-corrected chi connectivity index (χ4v) is 7.79. The highest BCUT2D eigenvalue weighted by atomic mass is 16.5. The number of aliphatic hydroxyl groups is 8. The summed E-state index contributed by atoms with van der Waals surface area (Å²) in [6.45, 7) is 0.0622. The number of carbonyl (C=O) groups excluding carboxylic acids is 1. The minimum Gasteiger partial charge on any atom is -0.396 e. The molecule has 7 rings (SSSR count). The Morgan fingerprint density at radius 2 is 1.31 bits per heavy atom. The Hall–Kier alpha value is -4.16. The monoisotopic (exact) mass is 715 g/mol. The van der Waals surface area contributed by atoms with Crippen molar-refractivity contribution in [2.24, 2.45) is 0 Å². The van der Waals surface area contributed by atoms with Crippen LogP contribution in [0, 0.1) is 23.7 Å². The first-order chi connectivity index (χ1) is 25.1. The number of H-pyrrole nitrogens is 1. The molecule has 1 spiro atoms. The summed E-state index contributed by atoms with van der Waals surface area (Å²) in [4.78, 5) is 15.0. The Balaban J connectivity index is 1.22. The Labute approximate surface area is 299 Å². The SMILES string of the molecule is O=C(c1ccn[nH]1)N1CCC2(CC1)c1cc(C#C[C@H]3O[C@H](CO)[C@@H](O)[C@H](O)[C@@H]3O)ccc1-c1ccc(C#C[C@H]3O[C@H](CCO)[C@@H](O)[C@H](O)[C@@H]3O)cc12. The lowest BCUT2D eigenvalue weighted by molar-refractivity contribution is -0.214. The summed E-state index contributed by atoms with van der Waals surface area (Å²) >= 11 is 0. The Morgan fingerprint density at radius 3 is 1.81 bits per heavy atom. The molecule has 1 aromatic heterocycles. The normalized spacial score (nSPS) is 31.9. The minimum atomic E-state index is -1.54. The van der Waals surface area contributed by atoms with Crippen LogP contribution in [0.5, 0.6) is 0 Å². The maximum atomic E-state index is 13.2. The van der Waals surface area contributed by atoms with Crippen molar-refractivity contribution in [2.45, 2.75) is 85.7 Å². The second-order valence-electron chi connectivity index (χ2n) is 13.7. The average molecular weight is 716 g/mol. The highest BCUT2D eigenvalue weighted by molar-refractivity contribution is 5.92. The van der Waals surface area contributed by atoms with E-state index in [4.69, 9.17) is 9.47 Å². The van der Waals surface area contributed by atoms with Crippen molar-refractivity contribution in [3.63, 3.8) is 0 Å². The molecule has 1 amide bonds. The van der Waals surface area contributed by atoms with Crippen molar-refractivity contribution < 1.29 is 55.1 Å². The number of hydrogen-bond acceptors (Lipinski definition) is 12. The Morgan fingerprint density at radius 1 is 0.769 bits per heavy atom. The van der Waals surface area contributed by atoms with Gasteiger partial charge in [0.15, 0.2) is 0 Å². The highest BCUT2D eigenvalue weighted by Gasteiger charge is 2.47. The quantitative estimate of drug-likeness (QED) is 0.139. The van der Waals surface area contributed by atoms with Crippen molar-refractivity contribution >= 4 is 5.91 Å². The maximum absolute atomic E-state index is 13.2. The van der Waals surface area contributed by atoms with Crippen molar-refractivity contribution in [1.29, 1.82) is 0 Å². The number of aromatic nitrogens is 2. The van der Waals surface area contributed by atoms with Gasteiger partial charge in [0.2, 0.25) is 0 Å². The summed E-state index contributed by atoms with van der Waals surface area (Å²) in [6.07, 6.45) is -10.3. The molecule has 274 valence electrons. The zero-order chi connectivity index (χ0) is 36.7. The molecule has 3 aliphatic heterocycles. The van der Waals surface area contributed by atoms with Crippen LogP contribution >= 0.6 is 0 Å². The van der Waals surface area contributed by atoms with E-state index < -0.39 is 73.1 Å². The van der Waals surface area contributed by atoms with Crippen LogP contribution in [0.1, 0.15) is 52.0 Å². The summed E-state index contributed by atoms with van der Waals surface area (Å²) in [7, 11) is 0. The number of rotatable bonds is 4. The van der Waals surface area contributed by atoms with Gasteiger partial charge in [0.25, 0.3) is 5.91 Å². The molecule has 10 atom stereocenters. The number of nitrogens with one attached hydrogen (secondary N) is 1. The van der Waals surface area contributed by atoms with Crippen molar-refractivity contribution in [3.8, 4) is 34.8 Å². The zero-order valence-electron chi connectivity index (χ0n) is 28.0. The van der Waals surface area contributed by atoms with Crippen LogP contribution < -0.4 is 0 Å². The lowest BCUT2D eigenvalue weighted by Crippen LogP contribution is -2.58. The van der Waals surface area contributed by atoms with Crippen LogP contribution in [-0.4, -0.2) is 149 Å². The second-order valence-corrected chi connectivity index (χ2v) is 13.7. The van der Waals surface area contributed by atoms with Crippen LogP contribution in [0.25, 0.3) is 11.1 Å². The van der Waals surface area contributed by atoms with Gasteiger partial charge in [-0.25, -0.2) is 0 Å². The van der Waals surface area contributed by atoms with E-state index in [1.54, 1.807) is 11.0 Å². The third-order valence-electron chi connectivity index (χ3n) is 10.7. The fraction of sp³-hybridized carbons (Fsp3) is 0.474. The molecule has 4 heterocycles. The Kier molecular flexibility index (Phi) is 10.2. The Bertz CT molecular complexity index is 1900. The molecule has 0 bridgehead atoms. The van der Waals surface area contributed by atoms with Crippen LogP contribution in [0.3, 0.4) is 0 Å². The number of benzene rings is 2. The molecule has 0 saturated carbocycles. The third-order valence-corrected chi connectivity index (χ3v) is 10.7. The van der Waals surface area contributed by atoms with E-state index in [0.29, 0.717) is 42.8 Å². The summed E-state index contributed by atoms with van der Waals surface area (Å²) in [5.74, 6) is 11.7. The highest BCUT2D eigenvalue weighted by Crippen LogP contribution is 2.54. The van der Waals surface area contributed by atoms with E-state index in [0.717, 1.165) is 22.3 Å². The number of aliphatic hydroxyl groups excluding tert-OH is 8. The molecule has 0 unspecified atom stereocenters. The van der Waals surface area contributed by atoms with Gasteiger partial charge in [-0.15, -0.1) is 0 Å². The number of nitrogens with zero attached hydrogens (tertiary/aromatic N) is 2. The van der Waals surface area contributed by atoms with Gasteiger partial charge >= 0.3 is 0 Å². The molecule has 2 aromatic carbocycles. The number of amides is 1. The molecule has 9 N–H and O–H groups in total. The first-order valence-electron chi connectivity index (χ1n) is 17.3. The van der Waals surface area contributed by atoms with Gasteiger partial charge in [0.05, 0.1) is 12.7 Å². The maximum Gasteiger partial charge on any atom is 0.271 e.